The molecule has 0 unspecified atom stereocenters. The Morgan fingerprint density at radius 1 is 2.00 bits per heavy atom. The zero-order valence-electron chi connectivity index (χ0n) is 2.49. The van der Waals surface area contributed by atoms with Crippen LogP contribution in [0, 0.1) is 0 Å². The van der Waals surface area contributed by atoms with Gasteiger partial charge in [0.05, 0.1) is 0 Å². The number of primary amides is 1. The maximum Gasteiger partial charge on any atom is 0.214 e. The topological polar surface area (TPSA) is 43.1 Å². The zero-order chi connectivity index (χ0) is 3.58. The normalized spacial score (nSPS) is 6.25. The number of hydrogen-bond acceptors (Lipinski definition) is 1. The van der Waals surface area contributed by atoms with Crippen molar-refractivity contribution >= 4 is 5.91 Å². The van der Waals surface area contributed by atoms with Gasteiger partial charge in [0.2, 0.25) is 5.91 Å². The molecule has 0 aromatic heterocycles. The quantitative estimate of drug-likeness (QED) is 0.298. The first-order valence-electron chi connectivity index (χ1n) is 0.993. The Balaban J connectivity index is 2.80. The van der Waals surface area contributed by atoms with Gasteiger partial charge in [0.25, 0.3) is 0 Å². The SMILES string of the molecule is [13CH3][13C]([15NH2])=O. The van der Waals surface area contributed by atoms with E-state index in [-0.39, 0.29) is 5.91 Å². The highest BCUT2D eigenvalue weighted by Crippen LogP contribution is 1.33. The van der Waals surface area contributed by atoms with Gasteiger partial charge in [-0.3, -0.25) is 4.79 Å². The Kier molecular flexibility index (Phi) is 0.759. The third kappa shape index (κ3) is 1.16. The van der Waals surface area contributed by atoms with Crippen LogP contribution in [0.4, 0.5) is 0 Å². The van der Waals surface area contributed by atoms with Crippen LogP contribution in [0.2, 0.25) is 0 Å². The fourth-order valence-corrected chi connectivity index (χ4v) is 0. The molecule has 0 fully saturated rings. The predicted molar refractivity (Wildman–Crippen MR) is 14.9 cm³/mol. The van der Waals surface area contributed by atoms with Gasteiger partial charge < -0.3 is 5.73 Å². The van der Waals surface area contributed by atoms with E-state index in [0.717, 1.165) is 0 Å². The Morgan fingerprint density at radius 2 is 2.00 bits per heavy atom. The second-order valence-corrected chi connectivity index (χ2v) is 0.611. The molecule has 0 aliphatic carbocycles. The summed E-state index contributed by atoms with van der Waals surface area (Å²) < 4.78 is 0. The largest absolute Gasteiger partial charge is 0.370 e. The molecule has 0 aromatic rings. The van der Waals surface area contributed by atoms with Crippen molar-refractivity contribution < 1.29 is 4.79 Å². The predicted octanol–water partition coefficient (Wildman–Crippen LogP) is -0.508. The highest BCUT2D eigenvalue weighted by Gasteiger charge is 1.61. The molecule has 24 valence electrons. The number of carbonyl (C=O) groups is 1. The molecule has 2 heteroatoms. The van der Waals surface area contributed by atoms with Crippen molar-refractivity contribution in [3.05, 3.63) is 0 Å². The van der Waals surface area contributed by atoms with Gasteiger partial charge in [-0.25, -0.2) is 0 Å². The molecular formula is C2H5NO. The maximum atomic E-state index is 9.22. The lowest BCUT2D eigenvalue weighted by Gasteiger charge is -1.60. The van der Waals surface area contributed by atoms with Gasteiger partial charge in [0.1, 0.15) is 0 Å². The van der Waals surface area contributed by atoms with E-state index in [0.29, 0.717) is 0 Å². The van der Waals surface area contributed by atoms with E-state index in [1.165, 1.54) is 6.92 Å². The lowest BCUT2D eigenvalue weighted by molar-refractivity contribution is -0.115. The first-order chi connectivity index (χ1) is 1.73. The lowest BCUT2D eigenvalue weighted by atomic mass is 11.8. The summed E-state index contributed by atoms with van der Waals surface area (Å²) in [5.41, 5.74) is 4.47. The van der Waals surface area contributed by atoms with Gasteiger partial charge in [-0.05, 0) is 0 Å². The molecule has 0 saturated carbocycles. The Bertz CT molecular complexity index is 29.0. The number of amides is 1. The van der Waals surface area contributed by atoms with Crippen LogP contribution in [0.5, 0.6) is 0 Å². The summed E-state index contributed by atoms with van der Waals surface area (Å²) in [4.78, 5) is 9.22. The third-order valence-corrected chi connectivity index (χ3v) is 0. The number of rotatable bonds is 0. The van der Waals surface area contributed by atoms with Crippen LogP contribution >= 0.6 is 0 Å². The van der Waals surface area contributed by atoms with Crippen LogP contribution in [-0.2, 0) is 4.79 Å². The third-order valence-electron chi connectivity index (χ3n) is 0. The van der Waals surface area contributed by atoms with Crippen LogP contribution in [0.15, 0.2) is 0 Å². The van der Waals surface area contributed by atoms with Crippen LogP contribution in [0.25, 0.3) is 0 Å². The van der Waals surface area contributed by atoms with Gasteiger partial charge in [-0.15, -0.1) is 0 Å². The molecule has 0 spiro atoms. The molecule has 0 heterocycles. The van der Waals surface area contributed by atoms with Crippen molar-refractivity contribution in [1.29, 1.82) is 0 Å². The van der Waals surface area contributed by atoms with Gasteiger partial charge in [0, 0.05) is 6.92 Å². The van der Waals surface area contributed by atoms with Crippen molar-refractivity contribution in [2.24, 2.45) is 5.73 Å². The van der Waals surface area contributed by atoms with Crippen molar-refractivity contribution in [1.82, 2.24) is 0 Å². The molecule has 0 bridgehead atoms. The van der Waals surface area contributed by atoms with Gasteiger partial charge in [0.15, 0.2) is 0 Å². The Morgan fingerprint density at radius 3 is 2.00 bits per heavy atom. The molecular weight excluding hydrogens is 57.0 g/mol. The smallest absolute Gasteiger partial charge is 0.214 e. The standard InChI is InChI=1S/C2H5NO/c1-2(3)4/h1H3,(H2,3,4)/i1+1,2+1,3+1. The Labute approximate surface area is 24.6 Å². The first kappa shape index (κ1) is 3.47. The van der Waals surface area contributed by atoms with Gasteiger partial charge in [-0.1, -0.05) is 0 Å². The monoisotopic (exact) mass is 62.0 g/mol. The molecule has 0 rings (SSSR count). The number of carbonyl (C=O) groups excluding carboxylic acids is 1. The number of hydrogen-bond donors (Lipinski definition) is 1. The molecule has 1 amide bonds. The van der Waals surface area contributed by atoms with E-state index in [1.54, 1.807) is 0 Å². The van der Waals surface area contributed by atoms with E-state index in [2.05, 4.69) is 5.73 Å². The summed E-state index contributed by atoms with van der Waals surface area (Å²) in [6.45, 7) is 1.31. The average Bonchev–Trinajstić information content (AvgIpc) is 0.811. The van der Waals surface area contributed by atoms with Crippen molar-refractivity contribution in [3.63, 3.8) is 0 Å². The summed E-state index contributed by atoms with van der Waals surface area (Å²) in [6.07, 6.45) is 0. The maximum absolute atomic E-state index is 9.22. The second-order valence-electron chi connectivity index (χ2n) is 0.611. The number of nitrogens with two attached hydrogens (primary N) is 1. The van der Waals surface area contributed by atoms with Crippen molar-refractivity contribution in [2.75, 3.05) is 0 Å². The molecule has 2 nitrogen and oxygen atoms in total. The van der Waals surface area contributed by atoms with Crippen LogP contribution in [-0.4, -0.2) is 5.91 Å². The summed E-state index contributed by atoms with van der Waals surface area (Å²) in [5.74, 6) is -0.333. The van der Waals surface area contributed by atoms with Gasteiger partial charge >= 0.3 is 0 Å². The minimum absolute atomic E-state index is 0.333. The minimum atomic E-state index is -0.333. The average molecular weight is 62.0 g/mol. The fourth-order valence-electron chi connectivity index (χ4n) is 0. The molecule has 0 aromatic carbocycles. The molecule has 4 heavy (non-hydrogen) atoms. The van der Waals surface area contributed by atoms with Crippen LogP contribution in [0.3, 0.4) is 0 Å². The van der Waals surface area contributed by atoms with Crippen molar-refractivity contribution in [2.45, 2.75) is 6.92 Å². The Hall–Kier alpha value is -0.530. The minimum Gasteiger partial charge on any atom is -0.370 e. The van der Waals surface area contributed by atoms with E-state index < -0.39 is 0 Å². The van der Waals surface area contributed by atoms with E-state index in [1.807, 2.05) is 0 Å². The lowest BCUT2D eigenvalue weighted by Crippen LogP contribution is -2.01. The summed E-state index contributed by atoms with van der Waals surface area (Å²) >= 11 is 0. The van der Waals surface area contributed by atoms with Gasteiger partial charge in [-0.2, -0.15) is 0 Å². The molecule has 2 N–H and O–H groups in total. The summed E-state index contributed by atoms with van der Waals surface area (Å²) in [5, 5.41) is 0. The zero-order valence-corrected chi connectivity index (χ0v) is 2.49. The van der Waals surface area contributed by atoms with E-state index in [4.69, 9.17) is 0 Å². The molecule has 0 atom stereocenters. The molecule has 0 radical (unpaired) electrons. The fraction of sp³-hybridized carbons (Fsp3) is 0.500. The molecule has 0 aliphatic rings. The molecule has 0 aliphatic heterocycles. The molecule has 0 saturated heterocycles. The van der Waals surface area contributed by atoms with Crippen molar-refractivity contribution in [3.8, 4) is 0 Å². The van der Waals surface area contributed by atoms with Crippen LogP contribution < -0.4 is 5.73 Å². The summed E-state index contributed by atoms with van der Waals surface area (Å²) in [6, 6.07) is 0. The van der Waals surface area contributed by atoms with Crippen LogP contribution in [0.1, 0.15) is 6.92 Å². The van der Waals surface area contributed by atoms with E-state index in [9.17, 15) is 4.79 Å². The highest BCUT2D eigenvalue weighted by atomic mass is 16.2. The second kappa shape index (κ2) is 0.875. The highest BCUT2D eigenvalue weighted by molar-refractivity contribution is 5.70. The first-order valence-corrected chi connectivity index (χ1v) is 0.993. The van der Waals surface area contributed by atoms with E-state index >= 15 is 0 Å². The summed E-state index contributed by atoms with van der Waals surface area (Å²) in [7, 11) is 0.